The Labute approximate surface area is 117 Å². The van der Waals surface area contributed by atoms with Gasteiger partial charge in [0, 0.05) is 5.56 Å². The zero-order chi connectivity index (χ0) is 13.9. The van der Waals surface area contributed by atoms with Gasteiger partial charge in [0.25, 0.3) is 5.91 Å². The monoisotopic (exact) mass is 284 g/mol. The summed E-state index contributed by atoms with van der Waals surface area (Å²) in [7, 11) is 0. The first-order valence-corrected chi connectivity index (χ1v) is 6.14. The van der Waals surface area contributed by atoms with Crippen LogP contribution in [-0.4, -0.2) is 11.9 Å². The minimum atomic E-state index is -0.340. The highest BCUT2D eigenvalue weighted by Crippen LogP contribution is 2.29. The van der Waals surface area contributed by atoms with Crippen LogP contribution in [0, 0.1) is 18.3 Å². The third-order valence-corrected chi connectivity index (χ3v) is 3.27. The number of anilines is 1. The van der Waals surface area contributed by atoms with E-state index in [9.17, 15) is 4.79 Å². The minimum absolute atomic E-state index is 0.138. The largest absolute Gasteiger partial charge is 0.397 e. The van der Waals surface area contributed by atoms with Crippen molar-refractivity contribution in [3.63, 3.8) is 0 Å². The van der Waals surface area contributed by atoms with Gasteiger partial charge in [-0.1, -0.05) is 43.0 Å². The van der Waals surface area contributed by atoms with Crippen LogP contribution in [0.3, 0.4) is 0 Å². The molecule has 0 heterocycles. The molecule has 0 spiro atoms. The lowest BCUT2D eigenvalue weighted by Gasteiger charge is -2.17. The summed E-state index contributed by atoms with van der Waals surface area (Å²) in [6.07, 6.45) is 5.35. The van der Waals surface area contributed by atoms with Crippen molar-refractivity contribution < 1.29 is 4.79 Å². The van der Waals surface area contributed by atoms with Gasteiger partial charge >= 0.3 is 0 Å². The number of nitrogen functional groups attached to an aromatic ring is 1. The smallest absolute Gasteiger partial charge is 0.252 e. The Hall–Kier alpha value is -1.37. The quantitative estimate of drug-likeness (QED) is 0.662. The van der Waals surface area contributed by atoms with Gasteiger partial charge < -0.3 is 11.1 Å². The number of hydrogen-bond donors (Lipinski definition) is 2. The molecule has 96 valence electrons. The van der Waals surface area contributed by atoms with E-state index in [1.807, 2.05) is 13.8 Å². The number of nitrogens with two attached hydrogens (primary N) is 1. The predicted molar refractivity (Wildman–Crippen MR) is 75.8 cm³/mol. The standard InChI is InChI=1S/C13H14Cl2N2O/c1-4-11(7(2)3)17-13(18)8-5-9(14)12(15)10(16)6-8/h1,5-7,11H,16H2,2-3H3,(H,17,18). The fourth-order valence-electron chi connectivity index (χ4n) is 1.37. The van der Waals surface area contributed by atoms with Gasteiger partial charge in [0.2, 0.25) is 0 Å². The molecule has 1 amide bonds. The van der Waals surface area contributed by atoms with Gasteiger partial charge in [-0.15, -0.1) is 6.42 Å². The maximum atomic E-state index is 12.0. The maximum absolute atomic E-state index is 12.0. The van der Waals surface area contributed by atoms with E-state index in [1.54, 1.807) is 0 Å². The van der Waals surface area contributed by atoms with Gasteiger partial charge in [-0.2, -0.15) is 0 Å². The molecular formula is C13H14Cl2N2O. The number of hydrogen-bond acceptors (Lipinski definition) is 2. The molecule has 0 aliphatic rings. The van der Waals surface area contributed by atoms with E-state index in [-0.39, 0.29) is 33.6 Å². The van der Waals surface area contributed by atoms with Crippen molar-refractivity contribution >= 4 is 34.8 Å². The molecule has 0 saturated heterocycles. The van der Waals surface area contributed by atoms with E-state index in [0.717, 1.165) is 0 Å². The van der Waals surface area contributed by atoms with Crippen LogP contribution in [0.1, 0.15) is 24.2 Å². The molecular weight excluding hydrogens is 271 g/mol. The average molecular weight is 285 g/mol. The Morgan fingerprint density at radius 3 is 2.50 bits per heavy atom. The Balaban J connectivity index is 2.96. The third kappa shape index (κ3) is 3.32. The number of benzene rings is 1. The average Bonchev–Trinajstić information content (AvgIpc) is 2.31. The van der Waals surface area contributed by atoms with Gasteiger partial charge in [0.15, 0.2) is 0 Å². The molecule has 18 heavy (non-hydrogen) atoms. The molecule has 0 aliphatic carbocycles. The van der Waals surface area contributed by atoms with E-state index >= 15 is 0 Å². The number of halogens is 2. The lowest BCUT2D eigenvalue weighted by atomic mass is 10.0. The lowest BCUT2D eigenvalue weighted by Crippen LogP contribution is -2.37. The van der Waals surface area contributed by atoms with Crippen LogP contribution in [0.5, 0.6) is 0 Å². The van der Waals surface area contributed by atoms with Crippen LogP contribution in [0.15, 0.2) is 12.1 Å². The molecule has 0 fully saturated rings. The maximum Gasteiger partial charge on any atom is 0.252 e. The van der Waals surface area contributed by atoms with Crippen LogP contribution >= 0.6 is 23.2 Å². The molecule has 1 aromatic rings. The SMILES string of the molecule is C#CC(NC(=O)c1cc(N)c(Cl)c(Cl)c1)C(C)C. The highest BCUT2D eigenvalue weighted by atomic mass is 35.5. The number of rotatable bonds is 3. The van der Waals surface area contributed by atoms with Crippen LogP contribution < -0.4 is 11.1 Å². The summed E-state index contributed by atoms with van der Waals surface area (Å²) in [5.41, 5.74) is 6.24. The molecule has 0 saturated carbocycles. The van der Waals surface area contributed by atoms with E-state index in [4.69, 9.17) is 35.4 Å². The van der Waals surface area contributed by atoms with Crippen molar-refractivity contribution in [1.82, 2.24) is 5.32 Å². The molecule has 0 aliphatic heterocycles. The second-order valence-corrected chi connectivity index (χ2v) is 5.01. The first-order valence-electron chi connectivity index (χ1n) is 5.38. The highest BCUT2D eigenvalue weighted by Gasteiger charge is 2.16. The molecule has 3 N–H and O–H groups in total. The Kier molecular flexibility index (Phi) is 4.89. The molecule has 0 aromatic heterocycles. The normalized spacial score (nSPS) is 12.0. The zero-order valence-electron chi connectivity index (χ0n) is 10.1. The summed E-state index contributed by atoms with van der Waals surface area (Å²) in [5.74, 6) is 2.34. The summed E-state index contributed by atoms with van der Waals surface area (Å²) < 4.78 is 0. The van der Waals surface area contributed by atoms with Gasteiger partial charge in [-0.25, -0.2) is 0 Å². The van der Waals surface area contributed by atoms with Crippen LogP contribution in [-0.2, 0) is 0 Å². The molecule has 0 radical (unpaired) electrons. The number of nitrogens with one attached hydrogen (secondary N) is 1. The Morgan fingerprint density at radius 1 is 1.44 bits per heavy atom. The molecule has 1 atom stereocenters. The first kappa shape index (κ1) is 14.7. The second kappa shape index (κ2) is 5.99. The first-order chi connectivity index (χ1) is 8.36. The molecule has 5 heteroatoms. The predicted octanol–water partition coefficient (Wildman–Crippen LogP) is 2.96. The van der Waals surface area contributed by atoms with Crippen molar-refractivity contribution in [1.29, 1.82) is 0 Å². The van der Waals surface area contributed by atoms with Crippen LogP contribution in [0.2, 0.25) is 10.0 Å². The molecule has 1 unspecified atom stereocenters. The van der Waals surface area contributed by atoms with Gasteiger partial charge in [-0.05, 0) is 18.1 Å². The highest BCUT2D eigenvalue weighted by molar-refractivity contribution is 6.43. The summed E-state index contributed by atoms with van der Waals surface area (Å²) in [6, 6.07) is 2.59. The summed E-state index contributed by atoms with van der Waals surface area (Å²) in [4.78, 5) is 12.0. The Morgan fingerprint density at radius 2 is 2.06 bits per heavy atom. The van der Waals surface area contributed by atoms with Gasteiger partial charge in [0.1, 0.15) is 0 Å². The fourth-order valence-corrected chi connectivity index (χ4v) is 1.70. The number of amides is 1. The van der Waals surface area contributed by atoms with Crippen molar-refractivity contribution in [2.45, 2.75) is 19.9 Å². The van der Waals surface area contributed by atoms with Gasteiger partial charge in [-0.3, -0.25) is 4.79 Å². The number of terminal acetylenes is 1. The van der Waals surface area contributed by atoms with Crippen molar-refractivity contribution in [3.05, 3.63) is 27.7 Å². The second-order valence-electron chi connectivity index (χ2n) is 4.22. The summed E-state index contributed by atoms with van der Waals surface area (Å²) in [6.45, 7) is 3.85. The van der Waals surface area contributed by atoms with E-state index < -0.39 is 0 Å². The Bertz CT molecular complexity index is 483. The number of carbonyl (C=O) groups excluding carboxylic acids is 1. The topological polar surface area (TPSA) is 55.1 Å². The fraction of sp³-hybridized carbons (Fsp3) is 0.308. The van der Waals surface area contributed by atoms with E-state index in [1.165, 1.54) is 12.1 Å². The number of carbonyl (C=O) groups is 1. The van der Waals surface area contributed by atoms with Gasteiger partial charge in [0.05, 0.1) is 21.8 Å². The van der Waals surface area contributed by atoms with Crippen LogP contribution in [0.4, 0.5) is 5.69 Å². The molecule has 0 bridgehead atoms. The zero-order valence-corrected chi connectivity index (χ0v) is 11.6. The minimum Gasteiger partial charge on any atom is -0.397 e. The van der Waals surface area contributed by atoms with E-state index in [2.05, 4.69) is 11.2 Å². The molecule has 1 aromatic carbocycles. The molecule has 3 nitrogen and oxygen atoms in total. The van der Waals surface area contributed by atoms with Crippen molar-refractivity contribution in [2.24, 2.45) is 5.92 Å². The summed E-state index contributed by atoms with van der Waals surface area (Å²) >= 11 is 11.7. The summed E-state index contributed by atoms with van der Waals surface area (Å²) in [5, 5.41) is 3.20. The van der Waals surface area contributed by atoms with E-state index in [0.29, 0.717) is 5.56 Å². The van der Waals surface area contributed by atoms with Crippen LogP contribution in [0.25, 0.3) is 0 Å². The third-order valence-electron chi connectivity index (χ3n) is 2.45. The van der Waals surface area contributed by atoms with Crippen molar-refractivity contribution in [2.75, 3.05) is 5.73 Å². The molecule has 1 rings (SSSR count). The lowest BCUT2D eigenvalue weighted by molar-refractivity contribution is 0.0938. The van der Waals surface area contributed by atoms with Crippen molar-refractivity contribution in [3.8, 4) is 12.3 Å².